The Morgan fingerprint density at radius 1 is 0.870 bits per heavy atom. The average Bonchev–Trinajstić information content (AvgIpc) is 2.49. The molecule has 6 heteroatoms. The van der Waals surface area contributed by atoms with E-state index in [0.717, 1.165) is 0 Å². The number of benzene rings is 2. The second kappa shape index (κ2) is 7.22. The van der Waals surface area contributed by atoms with Crippen molar-refractivity contribution in [3.63, 3.8) is 0 Å². The quantitative estimate of drug-likeness (QED) is 0.790. The summed E-state index contributed by atoms with van der Waals surface area (Å²) in [4.78, 5) is 33.7. The van der Waals surface area contributed by atoms with Crippen molar-refractivity contribution >= 4 is 29.2 Å². The summed E-state index contributed by atoms with van der Waals surface area (Å²) in [6.07, 6.45) is -0.0567. The molecule has 0 aliphatic carbocycles. The molecule has 6 nitrogen and oxygen atoms in total. The standard InChI is InChI=1S/C17H16N2O4/c1-11(20)18-14-8-4-13(5-9-14)17(23)19-15-6-2-12(3-7-15)10-16(21)22/h2-9H,10H2,1H3,(H,18,20)(H,19,23)(H,21,22). The predicted octanol–water partition coefficient (Wildman–Crippen LogP) is 2.52. The van der Waals surface area contributed by atoms with E-state index in [4.69, 9.17) is 5.11 Å². The van der Waals surface area contributed by atoms with Crippen molar-refractivity contribution in [1.82, 2.24) is 0 Å². The molecule has 0 saturated carbocycles. The highest BCUT2D eigenvalue weighted by Gasteiger charge is 2.07. The smallest absolute Gasteiger partial charge is 0.307 e. The number of carbonyl (C=O) groups is 3. The minimum Gasteiger partial charge on any atom is -0.481 e. The molecule has 118 valence electrons. The Kier molecular flexibility index (Phi) is 5.09. The Hall–Kier alpha value is -3.15. The second-order valence-electron chi connectivity index (χ2n) is 4.98. The Morgan fingerprint density at radius 3 is 1.91 bits per heavy atom. The van der Waals surface area contributed by atoms with Gasteiger partial charge in [-0.3, -0.25) is 14.4 Å². The van der Waals surface area contributed by atoms with Crippen LogP contribution >= 0.6 is 0 Å². The van der Waals surface area contributed by atoms with E-state index >= 15 is 0 Å². The second-order valence-corrected chi connectivity index (χ2v) is 4.98. The lowest BCUT2D eigenvalue weighted by atomic mass is 10.1. The molecule has 2 aromatic carbocycles. The van der Waals surface area contributed by atoms with Crippen molar-refractivity contribution < 1.29 is 19.5 Å². The number of hydrogen-bond acceptors (Lipinski definition) is 3. The summed E-state index contributed by atoms with van der Waals surface area (Å²) in [5.74, 6) is -1.37. The SMILES string of the molecule is CC(=O)Nc1ccc(C(=O)Nc2ccc(CC(=O)O)cc2)cc1. The summed E-state index contributed by atoms with van der Waals surface area (Å²) in [5, 5.41) is 14.1. The molecule has 0 radical (unpaired) electrons. The monoisotopic (exact) mass is 312 g/mol. The van der Waals surface area contributed by atoms with E-state index in [-0.39, 0.29) is 18.2 Å². The summed E-state index contributed by atoms with van der Waals surface area (Å²) in [6.45, 7) is 1.41. The molecule has 2 aromatic rings. The van der Waals surface area contributed by atoms with Crippen molar-refractivity contribution in [2.24, 2.45) is 0 Å². The fraction of sp³-hybridized carbons (Fsp3) is 0.118. The third kappa shape index (κ3) is 4.96. The first-order valence-corrected chi connectivity index (χ1v) is 6.94. The van der Waals surface area contributed by atoms with Gasteiger partial charge < -0.3 is 15.7 Å². The topological polar surface area (TPSA) is 95.5 Å². The molecule has 0 aromatic heterocycles. The summed E-state index contributed by atoms with van der Waals surface area (Å²) in [6, 6.07) is 13.1. The van der Waals surface area contributed by atoms with E-state index in [0.29, 0.717) is 22.5 Å². The van der Waals surface area contributed by atoms with Gasteiger partial charge in [-0.1, -0.05) is 12.1 Å². The number of amides is 2. The van der Waals surface area contributed by atoms with Crippen LogP contribution in [0.15, 0.2) is 48.5 Å². The van der Waals surface area contributed by atoms with Gasteiger partial charge in [0, 0.05) is 23.9 Å². The number of carbonyl (C=O) groups excluding carboxylic acids is 2. The molecule has 0 unspecified atom stereocenters. The van der Waals surface area contributed by atoms with Crippen LogP contribution in [0.3, 0.4) is 0 Å². The molecule has 0 atom stereocenters. The minimum atomic E-state index is -0.902. The maximum atomic E-state index is 12.1. The van der Waals surface area contributed by atoms with Crippen molar-refractivity contribution in [3.8, 4) is 0 Å². The van der Waals surface area contributed by atoms with Crippen LogP contribution in [0.4, 0.5) is 11.4 Å². The van der Waals surface area contributed by atoms with Gasteiger partial charge >= 0.3 is 5.97 Å². The molecule has 0 spiro atoms. The fourth-order valence-corrected chi connectivity index (χ4v) is 1.99. The Balaban J connectivity index is 2.01. The third-order valence-corrected chi connectivity index (χ3v) is 3.03. The zero-order valence-corrected chi connectivity index (χ0v) is 12.5. The number of hydrogen-bond donors (Lipinski definition) is 3. The zero-order valence-electron chi connectivity index (χ0n) is 12.5. The van der Waals surface area contributed by atoms with Gasteiger partial charge in [0.1, 0.15) is 0 Å². The summed E-state index contributed by atoms with van der Waals surface area (Å²) in [7, 11) is 0. The van der Waals surface area contributed by atoms with Gasteiger partial charge in [-0.25, -0.2) is 0 Å². The molecule has 0 fully saturated rings. The number of rotatable bonds is 5. The van der Waals surface area contributed by atoms with Gasteiger partial charge in [-0.2, -0.15) is 0 Å². The summed E-state index contributed by atoms with van der Waals surface area (Å²) < 4.78 is 0. The summed E-state index contributed by atoms with van der Waals surface area (Å²) >= 11 is 0. The molecule has 0 heterocycles. The molecule has 0 saturated heterocycles. The molecule has 3 N–H and O–H groups in total. The minimum absolute atomic E-state index is 0.0567. The van der Waals surface area contributed by atoms with Crippen molar-refractivity contribution in [1.29, 1.82) is 0 Å². The zero-order chi connectivity index (χ0) is 16.8. The van der Waals surface area contributed by atoms with Crippen LogP contribution in [0.25, 0.3) is 0 Å². The van der Waals surface area contributed by atoms with Crippen molar-refractivity contribution in [3.05, 3.63) is 59.7 Å². The number of carboxylic acid groups (broad SMARTS) is 1. The lowest BCUT2D eigenvalue weighted by Crippen LogP contribution is -2.12. The Morgan fingerprint density at radius 2 is 1.39 bits per heavy atom. The van der Waals surface area contributed by atoms with Crippen molar-refractivity contribution in [2.75, 3.05) is 10.6 Å². The normalized spacial score (nSPS) is 9.96. The lowest BCUT2D eigenvalue weighted by Gasteiger charge is -2.07. The fourth-order valence-electron chi connectivity index (χ4n) is 1.99. The predicted molar refractivity (Wildman–Crippen MR) is 86.5 cm³/mol. The van der Waals surface area contributed by atoms with Gasteiger partial charge in [0.25, 0.3) is 5.91 Å². The molecule has 2 rings (SSSR count). The Bertz CT molecular complexity index is 721. The third-order valence-electron chi connectivity index (χ3n) is 3.03. The average molecular weight is 312 g/mol. The van der Waals surface area contributed by atoms with Crippen molar-refractivity contribution in [2.45, 2.75) is 13.3 Å². The van der Waals surface area contributed by atoms with E-state index in [1.807, 2.05) is 0 Å². The van der Waals surface area contributed by atoms with E-state index in [2.05, 4.69) is 10.6 Å². The van der Waals surface area contributed by atoms with Crippen LogP contribution in [0.5, 0.6) is 0 Å². The number of carboxylic acids is 1. The van der Waals surface area contributed by atoms with Crippen LogP contribution in [-0.2, 0) is 16.0 Å². The van der Waals surface area contributed by atoms with Crippen LogP contribution < -0.4 is 10.6 Å². The van der Waals surface area contributed by atoms with E-state index < -0.39 is 5.97 Å². The maximum Gasteiger partial charge on any atom is 0.307 e. The number of aliphatic carboxylic acids is 1. The lowest BCUT2D eigenvalue weighted by molar-refractivity contribution is -0.136. The van der Waals surface area contributed by atoms with Gasteiger partial charge in [0.15, 0.2) is 0 Å². The highest BCUT2D eigenvalue weighted by molar-refractivity contribution is 6.04. The maximum absolute atomic E-state index is 12.1. The van der Waals surface area contributed by atoms with Crippen LogP contribution in [0.2, 0.25) is 0 Å². The largest absolute Gasteiger partial charge is 0.481 e. The van der Waals surface area contributed by atoms with Crippen LogP contribution in [0, 0.1) is 0 Å². The first kappa shape index (κ1) is 16.2. The molecule has 2 amide bonds. The summed E-state index contributed by atoms with van der Waals surface area (Å²) in [5.41, 5.74) is 2.31. The van der Waals surface area contributed by atoms with Crippen LogP contribution in [-0.4, -0.2) is 22.9 Å². The van der Waals surface area contributed by atoms with Gasteiger partial charge in [-0.05, 0) is 42.0 Å². The molecule has 0 aliphatic rings. The van der Waals surface area contributed by atoms with E-state index in [1.54, 1.807) is 48.5 Å². The molecular weight excluding hydrogens is 296 g/mol. The van der Waals surface area contributed by atoms with Gasteiger partial charge in [0.05, 0.1) is 6.42 Å². The van der Waals surface area contributed by atoms with E-state index in [9.17, 15) is 14.4 Å². The van der Waals surface area contributed by atoms with Crippen LogP contribution in [0.1, 0.15) is 22.8 Å². The molecular formula is C17H16N2O4. The molecule has 0 aliphatic heterocycles. The molecule has 23 heavy (non-hydrogen) atoms. The first-order valence-electron chi connectivity index (χ1n) is 6.94. The Labute approximate surface area is 133 Å². The molecule has 0 bridgehead atoms. The first-order chi connectivity index (χ1) is 10.9. The number of anilines is 2. The van der Waals surface area contributed by atoms with E-state index in [1.165, 1.54) is 6.92 Å². The van der Waals surface area contributed by atoms with Gasteiger partial charge in [0.2, 0.25) is 5.91 Å². The number of nitrogens with one attached hydrogen (secondary N) is 2. The van der Waals surface area contributed by atoms with Gasteiger partial charge in [-0.15, -0.1) is 0 Å². The highest BCUT2D eigenvalue weighted by atomic mass is 16.4. The highest BCUT2D eigenvalue weighted by Crippen LogP contribution is 2.14.